The molecular weight excluding hydrogens is 424 g/mol. The second-order valence-corrected chi connectivity index (χ2v) is 8.26. The third-order valence-corrected chi connectivity index (χ3v) is 5.90. The number of amides is 2. The summed E-state index contributed by atoms with van der Waals surface area (Å²) in [6.45, 7) is 1.93. The van der Waals surface area contributed by atoms with Gasteiger partial charge in [-0.1, -0.05) is 30.3 Å². The van der Waals surface area contributed by atoms with Crippen molar-refractivity contribution in [1.29, 1.82) is 0 Å². The van der Waals surface area contributed by atoms with Crippen LogP contribution in [0.2, 0.25) is 0 Å². The fourth-order valence-corrected chi connectivity index (χ4v) is 3.76. The average Bonchev–Trinajstić information content (AvgIpc) is 3.59. The number of aryl methyl sites for hydroxylation is 1. The van der Waals surface area contributed by atoms with Gasteiger partial charge >= 0.3 is 5.97 Å². The van der Waals surface area contributed by atoms with Crippen LogP contribution < -0.4 is 14.8 Å². The monoisotopic (exact) mass is 454 g/mol. The molecule has 2 aromatic carbocycles. The van der Waals surface area contributed by atoms with Gasteiger partial charge in [-0.25, -0.2) is 4.79 Å². The van der Waals surface area contributed by atoms with Gasteiger partial charge in [-0.05, 0) is 50.3 Å². The first-order valence-corrected chi connectivity index (χ1v) is 10.9. The summed E-state index contributed by atoms with van der Waals surface area (Å²) in [7, 11) is 3.03. The molecule has 33 heavy (non-hydrogen) atoms. The van der Waals surface area contributed by atoms with Gasteiger partial charge in [0, 0.05) is 17.7 Å². The molecule has 0 aliphatic heterocycles. The van der Waals surface area contributed by atoms with Gasteiger partial charge in [-0.2, -0.15) is 0 Å². The molecule has 0 spiro atoms. The lowest BCUT2D eigenvalue weighted by molar-refractivity contribution is -0.143. The van der Waals surface area contributed by atoms with Crippen LogP contribution in [0.4, 0.5) is 0 Å². The van der Waals surface area contributed by atoms with Gasteiger partial charge in [-0.3, -0.25) is 9.59 Å². The summed E-state index contributed by atoms with van der Waals surface area (Å²) in [5, 5.41) is 11.9. The molecule has 1 aliphatic carbocycles. The molecule has 8 nitrogen and oxygen atoms in total. The minimum absolute atomic E-state index is 0.235. The number of benzene rings is 2. The first-order valence-electron chi connectivity index (χ1n) is 10.9. The highest BCUT2D eigenvalue weighted by Gasteiger charge is 2.51. The van der Waals surface area contributed by atoms with Crippen LogP contribution in [-0.2, 0) is 16.0 Å². The largest absolute Gasteiger partial charge is 0.496 e. The number of nitrogens with zero attached hydrogens (tertiary/aromatic N) is 1. The Labute approximate surface area is 193 Å². The second-order valence-electron chi connectivity index (χ2n) is 8.26. The fourth-order valence-electron chi connectivity index (χ4n) is 3.76. The number of methoxy groups -OCH3 is 2. The average molecular weight is 455 g/mol. The third kappa shape index (κ3) is 5.83. The van der Waals surface area contributed by atoms with Crippen molar-refractivity contribution in [3.63, 3.8) is 0 Å². The van der Waals surface area contributed by atoms with E-state index in [1.165, 1.54) is 19.1 Å². The predicted octanol–water partition coefficient (Wildman–Crippen LogP) is 2.82. The Balaban J connectivity index is 1.78. The van der Waals surface area contributed by atoms with Gasteiger partial charge in [0.1, 0.15) is 17.0 Å². The summed E-state index contributed by atoms with van der Waals surface area (Å²) in [5.74, 6) is -0.877. The maximum atomic E-state index is 13.4. The van der Waals surface area contributed by atoms with Gasteiger partial charge in [-0.15, -0.1) is 0 Å². The number of hydrogen-bond acceptors (Lipinski definition) is 5. The standard InChI is InChI=1S/C25H30N2O6/c1-17-20(32-2)14-19(15-21(17)33-3)23(29)27(13-7-10-18-8-5-4-6-9-18)16-22(28)26-25(11-12-25)24(30)31/h4-6,8-9,14-15H,7,10-13,16H2,1-3H3,(H,26,28)(H,30,31). The summed E-state index contributed by atoms with van der Waals surface area (Å²) in [6.07, 6.45) is 2.17. The van der Waals surface area contributed by atoms with E-state index in [2.05, 4.69) is 5.32 Å². The van der Waals surface area contributed by atoms with E-state index in [1.807, 2.05) is 37.3 Å². The third-order valence-electron chi connectivity index (χ3n) is 5.90. The van der Waals surface area contributed by atoms with Gasteiger partial charge in [0.2, 0.25) is 5.91 Å². The minimum Gasteiger partial charge on any atom is -0.496 e. The van der Waals surface area contributed by atoms with Crippen LogP contribution in [0.25, 0.3) is 0 Å². The maximum Gasteiger partial charge on any atom is 0.329 e. The lowest BCUT2D eigenvalue weighted by Gasteiger charge is -2.24. The van der Waals surface area contributed by atoms with Crippen LogP contribution in [0.5, 0.6) is 11.5 Å². The van der Waals surface area contributed by atoms with Crippen LogP contribution in [-0.4, -0.2) is 60.6 Å². The minimum atomic E-state index is -1.20. The lowest BCUT2D eigenvalue weighted by Crippen LogP contribution is -2.48. The fraction of sp³-hybridized carbons (Fsp3) is 0.400. The molecule has 1 aliphatic rings. The molecule has 1 fully saturated rings. The summed E-state index contributed by atoms with van der Waals surface area (Å²) in [5.41, 5.74) is 1.03. The molecule has 0 bridgehead atoms. The number of hydrogen-bond donors (Lipinski definition) is 2. The number of aliphatic carboxylic acids is 1. The molecule has 2 N–H and O–H groups in total. The number of carboxylic acids is 1. The Morgan fingerprint density at radius 1 is 1.06 bits per heavy atom. The SMILES string of the molecule is COc1cc(C(=O)N(CCCc2ccccc2)CC(=O)NC2(C(=O)O)CC2)cc(OC)c1C. The van der Waals surface area contributed by atoms with Crippen molar-refractivity contribution in [3.8, 4) is 11.5 Å². The molecule has 0 unspecified atom stereocenters. The van der Waals surface area contributed by atoms with Crippen molar-refractivity contribution in [2.75, 3.05) is 27.3 Å². The highest BCUT2D eigenvalue weighted by Crippen LogP contribution is 2.35. The van der Waals surface area contributed by atoms with E-state index in [0.717, 1.165) is 17.5 Å². The number of carbonyl (C=O) groups excluding carboxylic acids is 2. The molecule has 176 valence electrons. The summed E-state index contributed by atoms with van der Waals surface area (Å²) < 4.78 is 10.8. The molecule has 0 saturated heterocycles. The number of ether oxygens (including phenoxy) is 2. The van der Waals surface area contributed by atoms with Crippen LogP contribution in [0.1, 0.15) is 40.7 Å². The Bertz CT molecular complexity index is 992. The van der Waals surface area contributed by atoms with Crippen molar-refractivity contribution in [3.05, 3.63) is 59.2 Å². The zero-order valence-electron chi connectivity index (χ0n) is 19.2. The van der Waals surface area contributed by atoms with Crippen LogP contribution in [0.15, 0.2) is 42.5 Å². The Morgan fingerprint density at radius 3 is 2.18 bits per heavy atom. The number of nitrogens with one attached hydrogen (secondary N) is 1. The van der Waals surface area contributed by atoms with Gasteiger partial charge in [0.15, 0.2) is 0 Å². The Hall–Kier alpha value is -3.55. The normalized spacial score (nSPS) is 13.7. The topological polar surface area (TPSA) is 105 Å². The lowest BCUT2D eigenvalue weighted by atomic mass is 10.1. The molecule has 0 aromatic heterocycles. The van der Waals surface area contributed by atoms with E-state index < -0.39 is 17.4 Å². The molecule has 2 amide bonds. The van der Waals surface area contributed by atoms with E-state index in [0.29, 0.717) is 42.9 Å². The highest BCUT2D eigenvalue weighted by atomic mass is 16.5. The zero-order chi connectivity index (χ0) is 24.0. The van der Waals surface area contributed by atoms with Crippen LogP contribution in [0.3, 0.4) is 0 Å². The molecular formula is C25H30N2O6. The summed E-state index contributed by atoms with van der Waals surface area (Å²) in [4.78, 5) is 39.0. The van der Waals surface area contributed by atoms with E-state index in [4.69, 9.17) is 9.47 Å². The molecule has 8 heteroatoms. The molecule has 1 saturated carbocycles. The van der Waals surface area contributed by atoms with Crippen molar-refractivity contribution in [2.45, 2.75) is 38.1 Å². The van der Waals surface area contributed by atoms with Crippen molar-refractivity contribution < 1.29 is 29.0 Å². The van der Waals surface area contributed by atoms with Crippen LogP contribution in [0, 0.1) is 6.92 Å². The second kappa shape index (κ2) is 10.4. The number of rotatable bonds is 11. The van der Waals surface area contributed by atoms with Gasteiger partial charge in [0.05, 0.1) is 20.8 Å². The van der Waals surface area contributed by atoms with Crippen LogP contribution >= 0.6 is 0 Å². The van der Waals surface area contributed by atoms with E-state index in [9.17, 15) is 19.5 Å². The van der Waals surface area contributed by atoms with Gasteiger partial charge < -0.3 is 24.8 Å². The first kappa shape index (κ1) is 24.1. The van der Waals surface area contributed by atoms with E-state index in [-0.39, 0.29) is 12.5 Å². The van der Waals surface area contributed by atoms with Crippen molar-refractivity contribution >= 4 is 17.8 Å². The van der Waals surface area contributed by atoms with Crippen molar-refractivity contribution in [2.24, 2.45) is 0 Å². The molecule has 3 rings (SSSR count). The van der Waals surface area contributed by atoms with Crippen molar-refractivity contribution in [1.82, 2.24) is 10.2 Å². The molecule has 0 atom stereocenters. The molecule has 0 radical (unpaired) electrons. The predicted molar refractivity (Wildman–Crippen MR) is 123 cm³/mol. The number of carboxylic acid groups (broad SMARTS) is 1. The molecule has 2 aromatic rings. The Kier molecular flexibility index (Phi) is 7.58. The Morgan fingerprint density at radius 2 is 1.67 bits per heavy atom. The van der Waals surface area contributed by atoms with Gasteiger partial charge in [0.25, 0.3) is 5.91 Å². The summed E-state index contributed by atoms with van der Waals surface area (Å²) in [6, 6.07) is 13.1. The zero-order valence-corrected chi connectivity index (χ0v) is 19.2. The maximum absolute atomic E-state index is 13.4. The summed E-state index contributed by atoms with van der Waals surface area (Å²) >= 11 is 0. The first-order chi connectivity index (χ1) is 15.8. The quantitative estimate of drug-likeness (QED) is 0.541. The van der Waals surface area contributed by atoms with E-state index >= 15 is 0 Å². The smallest absolute Gasteiger partial charge is 0.329 e. The molecule has 0 heterocycles. The highest BCUT2D eigenvalue weighted by molar-refractivity contribution is 5.98. The number of carbonyl (C=O) groups is 3. The van der Waals surface area contributed by atoms with E-state index in [1.54, 1.807) is 12.1 Å².